The van der Waals surface area contributed by atoms with Crippen LogP contribution in [0.3, 0.4) is 0 Å². The standard InChI is InChI=1S/C27H25N5O5/c28-21-23(29-27(36)30-25(21)34)26(35)37-15-20(33)32-24(17-10-5-2-6-11-17)19-13-7-12-18(22(19)31-32)14-16-8-3-1-4-9-16/h1-6,8-11,14,19,24H,7,12-13,15,28H2,(H2,29,30,34,36)/b18-14+. The molecule has 188 valence electrons. The molecule has 10 heteroatoms. The molecule has 10 nitrogen and oxygen atoms in total. The number of benzene rings is 2. The number of H-pyrrole nitrogens is 2. The number of ether oxygens (including phenoxy) is 1. The molecule has 0 saturated heterocycles. The highest BCUT2D eigenvalue weighted by Crippen LogP contribution is 2.44. The zero-order valence-corrected chi connectivity index (χ0v) is 19.8. The maximum atomic E-state index is 13.3. The predicted octanol–water partition coefficient (Wildman–Crippen LogP) is 2.63. The lowest BCUT2D eigenvalue weighted by molar-refractivity contribution is -0.137. The Hall–Kier alpha value is -4.73. The quantitative estimate of drug-likeness (QED) is 0.459. The van der Waals surface area contributed by atoms with Crippen LogP contribution in [0.15, 0.2) is 80.9 Å². The Bertz CT molecular complexity index is 1510. The third-order valence-corrected chi connectivity index (χ3v) is 6.55. The van der Waals surface area contributed by atoms with Crippen LogP contribution in [0.5, 0.6) is 0 Å². The lowest BCUT2D eigenvalue weighted by Crippen LogP contribution is -2.35. The summed E-state index contributed by atoms with van der Waals surface area (Å²) < 4.78 is 5.14. The van der Waals surface area contributed by atoms with Crippen LogP contribution in [-0.4, -0.2) is 39.2 Å². The van der Waals surface area contributed by atoms with Crippen molar-refractivity contribution in [3.8, 4) is 0 Å². The minimum atomic E-state index is -1.08. The van der Waals surface area contributed by atoms with E-state index in [1.165, 1.54) is 5.01 Å². The van der Waals surface area contributed by atoms with Crippen molar-refractivity contribution >= 4 is 29.4 Å². The van der Waals surface area contributed by atoms with E-state index in [1.54, 1.807) is 0 Å². The molecule has 1 amide bonds. The number of nitrogens with zero attached hydrogens (tertiary/aromatic N) is 2. The number of esters is 1. The van der Waals surface area contributed by atoms with Gasteiger partial charge in [-0.1, -0.05) is 60.7 Å². The van der Waals surface area contributed by atoms with Crippen LogP contribution in [0.4, 0.5) is 5.69 Å². The van der Waals surface area contributed by atoms with Gasteiger partial charge in [-0.2, -0.15) is 5.10 Å². The molecule has 1 aromatic heterocycles. The third kappa shape index (κ3) is 4.86. The lowest BCUT2D eigenvalue weighted by atomic mass is 9.77. The number of carbonyl (C=O) groups is 2. The number of nitrogens with one attached hydrogen (secondary N) is 2. The monoisotopic (exact) mass is 499 g/mol. The Morgan fingerprint density at radius 3 is 2.49 bits per heavy atom. The molecule has 2 aliphatic rings. The molecule has 37 heavy (non-hydrogen) atoms. The van der Waals surface area contributed by atoms with E-state index >= 15 is 0 Å². The fourth-order valence-corrected chi connectivity index (χ4v) is 4.86. The van der Waals surface area contributed by atoms with Gasteiger partial charge in [0.2, 0.25) is 0 Å². The Morgan fingerprint density at radius 2 is 1.76 bits per heavy atom. The Kier molecular flexibility index (Phi) is 6.55. The van der Waals surface area contributed by atoms with E-state index in [9.17, 15) is 19.2 Å². The second-order valence-electron chi connectivity index (χ2n) is 8.93. The molecule has 1 fully saturated rings. The first-order valence-corrected chi connectivity index (χ1v) is 11.9. The summed E-state index contributed by atoms with van der Waals surface area (Å²) in [5.41, 5.74) is 6.68. The number of nitrogen functional groups attached to an aromatic ring is 1. The van der Waals surface area contributed by atoms with Gasteiger partial charge in [-0.15, -0.1) is 0 Å². The topological polar surface area (TPSA) is 151 Å². The Balaban J connectivity index is 1.43. The van der Waals surface area contributed by atoms with Gasteiger partial charge in [0.1, 0.15) is 5.69 Å². The summed E-state index contributed by atoms with van der Waals surface area (Å²) in [6, 6.07) is 19.2. The minimum absolute atomic E-state index is 0.00885. The van der Waals surface area contributed by atoms with Crippen LogP contribution in [-0.2, 0) is 9.53 Å². The van der Waals surface area contributed by atoms with Crippen molar-refractivity contribution in [1.82, 2.24) is 15.0 Å². The maximum Gasteiger partial charge on any atom is 0.357 e. The number of hydrogen-bond donors (Lipinski definition) is 3. The number of anilines is 1. The van der Waals surface area contributed by atoms with E-state index in [0.717, 1.165) is 41.7 Å². The minimum Gasteiger partial charge on any atom is -0.451 e. The van der Waals surface area contributed by atoms with Crippen LogP contribution >= 0.6 is 0 Å². The third-order valence-electron chi connectivity index (χ3n) is 6.55. The fourth-order valence-electron chi connectivity index (χ4n) is 4.86. The van der Waals surface area contributed by atoms with Crippen molar-refractivity contribution in [3.05, 3.63) is 104 Å². The Labute approximate surface area is 211 Å². The number of aromatic amines is 2. The smallest absolute Gasteiger partial charge is 0.357 e. The van der Waals surface area contributed by atoms with Crippen molar-refractivity contribution in [1.29, 1.82) is 0 Å². The first-order valence-electron chi connectivity index (χ1n) is 11.9. The number of hydrogen-bond acceptors (Lipinski definition) is 7. The first-order chi connectivity index (χ1) is 17.9. The van der Waals surface area contributed by atoms with Gasteiger partial charge in [-0.3, -0.25) is 19.6 Å². The second-order valence-corrected chi connectivity index (χ2v) is 8.93. The summed E-state index contributed by atoms with van der Waals surface area (Å²) in [6.45, 7) is -0.641. The van der Waals surface area contributed by atoms with Gasteiger partial charge in [0.15, 0.2) is 12.3 Å². The summed E-state index contributed by atoms with van der Waals surface area (Å²) in [4.78, 5) is 53.2. The summed E-state index contributed by atoms with van der Waals surface area (Å²) in [7, 11) is 0. The van der Waals surface area contributed by atoms with Gasteiger partial charge in [0.05, 0.1) is 11.8 Å². The lowest BCUT2D eigenvalue weighted by Gasteiger charge is -2.29. The molecule has 1 saturated carbocycles. The van der Waals surface area contributed by atoms with Crippen LogP contribution in [0.1, 0.15) is 46.9 Å². The van der Waals surface area contributed by atoms with Crippen LogP contribution < -0.4 is 17.0 Å². The molecule has 1 aliphatic carbocycles. The van der Waals surface area contributed by atoms with E-state index in [2.05, 4.69) is 11.1 Å². The molecule has 2 unspecified atom stereocenters. The van der Waals surface area contributed by atoms with E-state index in [1.807, 2.05) is 65.6 Å². The van der Waals surface area contributed by atoms with Gasteiger partial charge in [-0.25, -0.2) is 14.6 Å². The zero-order valence-electron chi connectivity index (χ0n) is 19.8. The van der Waals surface area contributed by atoms with E-state index < -0.39 is 41.1 Å². The van der Waals surface area contributed by atoms with Crippen molar-refractivity contribution in [2.75, 3.05) is 12.3 Å². The summed E-state index contributed by atoms with van der Waals surface area (Å²) >= 11 is 0. The average Bonchev–Trinajstić information content (AvgIpc) is 3.31. The van der Waals surface area contributed by atoms with Gasteiger partial charge in [0.25, 0.3) is 11.5 Å². The highest BCUT2D eigenvalue weighted by Gasteiger charge is 2.43. The molecule has 0 radical (unpaired) electrons. The number of hydrazone groups is 1. The van der Waals surface area contributed by atoms with Gasteiger partial charge in [0, 0.05) is 5.92 Å². The van der Waals surface area contributed by atoms with Crippen LogP contribution in [0.2, 0.25) is 0 Å². The number of nitrogens with two attached hydrogens (primary N) is 1. The van der Waals surface area contributed by atoms with Crippen molar-refractivity contribution < 1.29 is 14.3 Å². The second kappa shape index (κ2) is 10.1. The maximum absolute atomic E-state index is 13.3. The number of fused-ring (bicyclic) bond motifs is 1. The van der Waals surface area contributed by atoms with Crippen molar-refractivity contribution in [2.24, 2.45) is 11.0 Å². The molecular formula is C27H25N5O5. The fraction of sp³-hybridized carbons (Fsp3) is 0.222. The van der Waals surface area contributed by atoms with Gasteiger partial charge < -0.3 is 10.5 Å². The van der Waals surface area contributed by atoms with E-state index in [-0.39, 0.29) is 12.0 Å². The van der Waals surface area contributed by atoms with E-state index in [4.69, 9.17) is 15.6 Å². The number of allylic oxidation sites excluding steroid dienone is 1. The van der Waals surface area contributed by atoms with E-state index in [0.29, 0.717) is 0 Å². The molecule has 1 aliphatic heterocycles. The normalized spacial score (nSPS) is 19.8. The zero-order chi connectivity index (χ0) is 25.9. The summed E-state index contributed by atoms with van der Waals surface area (Å²) in [6.07, 6.45) is 4.77. The number of rotatable bonds is 5. The summed E-state index contributed by atoms with van der Waals surface area (Å²) in [5, 5.41) is 6.13. The van der Waals surface area contributed by atoms with Crippen molar-refractivity contribution in [3.63, 3.8) is 0 Å². The number of aromatic nitrogens is 2. The van der Waals surface area contributed by atoms with Crippen LogP contribution in [0, 0.1) is 5.92 Å². The van der Waals surface area contributed by atoms with Gasteiger partial charge in [-0.05, 0) is 42.0 Å². The molecule has 2 aromatic carbocycles. The molecule has 5 rings (SSSR count). The molecule has 4 N–H and O–H groups in total. The predicted molar refractivity (Wildman–Crippen MR) is 138 cm³/mol. The largest absolute Gasteiger partial charge is 0.451 e. The average molecular weight is 500 g/mol. The van der Waals surface area contributed by atoms with Crippen molar-refractivity contribution in [2.45, 2.75) is 25.3 Å². The highest BCUT2D eigenvalue weighted by atomic mass is 16.5. The highest BCUT2D eigenvalue weighted by molar-refractivity contribution is 6.08. The number of carbonyl (C=O) groups excluding carboxylic acids is 2. The Morgan fingerprint density at radius 1 is 1.05 bits per heavy atom. The molecule has 0 spiro atoms. The molecule has 2 heterocycles. The molecule has 3 aromatic rings. The number of amides is 1. The SMILES string of the molecule is Nc1c(C(=O)OCC(=O)N2N=C3/C(=C/c4ccccc4)CCCC3C2c2ccccc2)[nH]c(=O)[nH]c1=O. The molecule has 0 bridgehead atoms. The summed E-state index contributed by atoms with van der Waals surface area (Å²) in [5.74, 6) is -1.63. The first kappa shape index (κ1) is 24.0. The molecular weight excluding hydrogens is 474 g/mol. The van der Waals surface area contributed by atoms with Gasteiger partial charge >= 0.3 is 11.7 Å². The molecule has 2 atom stereocenters. The van der Waals surface area contributed by atoms with Crippen LogP contribution in [0.25, 0.3) is 6.08 Å².